The summed E-state index contributed by atoms with van der Waals surface area (Å²) in [5.41, 5.74) is 3.91. The highest BCUT2D eigenvalue weighted by atomic mass is 32.1. The van der Waals surface area contributed by atoms with Gasteiger partial charge in [0.25, 0.3) is 5.91 Å². The van der Waals surface area contributed by atoms with Crippen LogP contribution in [0.5, 0.6) is 0 Å². The normalized spacial score (nSPS) is 10.7. The SMILES string of the molecule is C=CCNc1nc(C(=O)OCC(=O)Nc2ccc(-c3nc4ccc(C)cc4s3)cc2)cs1. The molecule has 0 spiro atoms. The maximum atomic E-state index is 12.2. The molecule has 0 aliphatic carbocycles. The van der Waals surface area contributed by atoms with E-state index in [9.17, 15) is 9.59 Å². The first kappa shape index (κ1) is 21.7. The molecule has 0 aliphatic rings. The summed E-state index contributed by atoms with van der Waals surface area (Å²) < 4.78 is 6.19. The van der Waals surface area contributed by atoms with Crippen molar-refractivity contribution < 1.29 is 14.3 Å². The molecule has 9 heteroatoms. The third-order valence-electron chi connectivity index (χ3n) is 4.40. The van der Waals surface area contributed by atoms with Crippen molar-refractivity contribution in [3.63, 3.8) is 0 Å². The van der Waals surface area contributed by atoms with Gasteiger partial charge in [0.05, 0.1) is 10.2 Å². The second kappa shape index (κ2) is 9.71. The number of aromatic nitrogens is 2. The summed E-state index contributed by atoms with van der Waals surface area (Å²) >= 11 is 2.91. The van der Waals surface area contributed by atoms with Gasteiger partial charge < -0.3 is 15.4 Å². The number of amides is 1. The first-order chi connectivity index (χ1) is 15.5. The Kier molecular flexibility index (Phi) is 6.58. The minimum atomic E-state index is -0.649. The zero-order valence-corrected chi connectivity index (χ0v) is 18.9. The predicted octanol–water partition coefficient (Wildman–Crippen LogP) is 5.12. The number of carbonyl (C=O) groups is 2. The van der Waals surface area contributed by atoms with E-state index in [1.54, 1.807) is 34.9 Å². The molecule has 32 heavy (non-hydrogen) atoms. The van der Waals surface area contributed by atoms with Gasteiger partial charge in [-0.3, -0.25) is 4.79 Å². The number of aryl methyl sites for hydroxylation is 1. The lowest BCUT2D eigenvalue weighted by atomic mass is 10.2. The second-order valence-corrected chi connectivity index (χ2v) is 8.79. The molecule has 2 heterocycles. The minimum absolute atomic E-state index is 0.157. The Hall–Kier alpha value is -3.56. The highest BCUT2D eigenvalue weighted by Crippen LogP contribution is 2.31. The van der Waals surface area contributed by atoms with Crippen LogP contribution in [0, 0.1) is 6.92 Å². The number of benzene rings is 2. The largest absolute Gasteiger partial charge is 0.451 e. The third kappa shape index (κ3) is 5.19. The van der Waals surface area contributed by atoms with Crippen molar-refractivity contribution in [1.82, 2.24) is 9.97 Å². The number of nitrogens with zero attached hydrogens (tertiary/aromatic N) is 2. The van der Waals surface area contributed by atoms with Crippen molar-refractivity contribution in [3.05, 3.63) is 71.8 Å². The number of thiazole rings is 2. The summed E-state index contributed by atoms with van der Waals surface area (Å²) in [5, 5.41) is 8.80. The molecule has 0 fully saturated rings. The zero-order chi connectivity index (χ0) is 22.5. The lowest BCUT2D eigenvalue weighted by Crippen LogP contribution is -2.21. The predicted molar refractivity (Wildman–Crippen MR) is 130 cm³/mol. The molecular weight excluding hydrogens is 444 g/mol. The molecule has 0 saturated heterocycles. The Morgan fingerprint density at radius 2 is 1.97 bits per heavy atom. The summed E-state index contributed by atoms with van der Waals surface area (Å²) in [6, 6.07) is 13.6. The van der Waals surface area contributed by atoms with E-state index in [-0.39, 0.29) is 5.69 Å². The van der Waals surface area contributed by atoms with Crippen molar-refractivity contribution in [2.45, 2.75) is 6.92 Å². The van der Waals surface area contributed by atoms with Gasteiger partial charge >= 0.3 is 5.97 Å². The van der Waals surface area contributed by atoms with Gasteiger partial charge in [0.2, 0.25) is 0 Å². The Balaban J connectivity index is 1.31. The fraction of sp³-hybridized carbons (Fsp3) is 0.130. The number of nitrogens with one attached hydrogen (secondary N) is 2. The molecule has 0 atom stereocenters. The van der Waals surface area contributed by atoms with Crippen LogP contribution in [-0.4, -0.2) is 35.0 Å². The van der Waals surface area contributed by atoms with Crippen LogP contribution in [0.3, 0.4) is 0 Å². The second-order valence-electron chi connectivity index (χ2n) is 6.90. The molecule has 7 nitrogen and oxygen atoms in total. The van der Waals surface area contributed by atoms with Crippen LogP contribution in [0.2, 0.25) is 0 Å². The monoisotopic (exact) mass is 464 g/mol. The van der Waals surface area contributed by atoms with Crippen molar-refractivity contribution in [2.75, 3.05) is 23.8 Å². The van der Waals surface area contributed by atoms with Gasteiger partial charge in [0.1, 0.15) is 5.01 Å². The number of hydrogen-bond acceptors (Lipinski definition) is 8. The first-order valence-electron chi connectivity index (χ1n) is 9.77. The molecule has 4 rings (SSSR count). The Labute approximate surface area is 192 Å². The molecular formula is C23H20N4O3S2. The summed E-state index contributed by atoms with van der Waals surface area (Å²) in [5.74, 6) is -1.08. The third-order valence-corrected chi connectivity index (χ3v) is 6.27. The van der Waals surface area contributed by atoms with Gasteiger partial charge in [-0.25, -0.2) is 14.8 Å². The molecule has 0 bridgehead atoms. The Morgan fingerprint density at radius 1 is 1.16 bits per heavy atom. The fourth-order valence-electron chi connectivity index (χ4n) is 2.86. The highest BCUT2D eigenvalue weighted by molar-refractivity contribution is 7.21. The molecule has 2 N–H and O–H groups in total. The van der Waals surface area contributed by atoms with Gasteiger partial charge in [-0.05, 0) is 48.9 Å². The summed E-state index contributed by atoms with van der Waals surface area (Å²) in [7, 11) is 0. The smallest absolute Gasteiger partial charge is 0.358 e. The maximum absolute atomic E-state index is 12.2. The number of esters is 1. The van der Waals surface area contributed by atoms with E-state index in [0.717, 1.165) is 20.8 Å². The topological polar surface area (TPSA) is 93.2 Å². The van der Waals surface area contributed by atoms with Gasteiger partial charge in [-0.15, -0.1) is 29.3 Å². The van der Waals surface area contributed by atoms with Gasteiger partial charge in [0, 0.05) is 23.2 Å². The molecule has 0 unspecified atom stereocenters. The van der Waals surface area contributed by atoms with Gasteiger partial charge in [-0.2, -0.15) is 0 Å². The molecule has 1 amide bonds. The van der Waals surface area contributed by atoms with E-state index in [2.05, 4.69) is 40.2 Å². The molecule has 4 aromatic rings. The quantitative estimate of drug-likeness (QED) is 0.278. The fourth-order valence-corrected chi connectivity index (χ4v) is 4.62. The first-order valence-corrected chi connectivity index (χ1v) is 11.5. The average molecular weight is 465 g/mol. The van der Waals surface area contributed by atoms with Crippen molar-refractivity contribution in [3.8, 4) is 10.6 Å². The Morgan fingerprint density at radius 3 is 2.75 bits per heavy atom. The van der Waals surface area contributed by atoms with E-state index in [4.69, 9.17) is 4.74 Å². The molecule has 2 aromatic heterocycles. The van der Waals surface area contributed by atoms with E-state index < -0.39 is 18.5 Å². The lowest BCUT2D eigenvalue weighted by Gasteiger charge is -2.06. The highest BCUT2D eigenvalue weighted by Gasteiger charge is 2.14. The van der Waals surface area contributed by atoms with Crippen molar-refractivity contribution in [1.29, 1.82) is 0 Å². The zero-order valence-electron chi connectivity index (χ0n) is 17.3. The number of rotatable bonds is 8. The van der Waals surface area contributed by atoms with E-state index in [0.29, 0.717) is 17.4 Å². The number of hydrogen-bond donors (Lipinski definition) is 2. The summed E-state index contributed by atoms with van der Waals surface area (Å²) in [6.07, 6.45) is 1.69. The van der Waals surface area contributed by atoms with Gasteiger partial charge in [0.15, 0.2) is 17.4 Å². The number of ether oxygens (including phenoxy) is 1. The van der Waals surface area contributed by atoms with E-state index in [1.165, 1.54) is 16.9 Å². The van der Waals surface area contributed by atoms with Gasteiger partial charge in [-0.1, -0.05) is 12.1 Å². The van der Waals surface area contributed by atoms with E-state index in [1.807, 2.05) is 24.3 Å². The number of fused-ring (bicyclic) bond motifs is 1. The lowest BCUT2D eigenvalue weighted by molar-refractivity contribution is -0.119. The van der Waals surface area contributed by atoms with E-state index >= 15 is 0 Å². The molecule has 0 aliphatic heterocycles. The number of carbonyl (C=O) groups excluding carboxylic acids is 2. The average Bonchev–Trinajstić information content (AvgIpc) is 3.43. The summed E-state index contributed by atoms with van der Waals surface area (Å²) in [4.78, 5) is 33.0. The van der Waals surface area contributed by atoms with Crippen LogP contribution in [-0.2, 0) is 9.53 Å². The molecule has 2 aromatic carbocycles. The standard InChI is InChI=1S/C23H20N4O3S2/c1-3-10-24-23-27-18(13-31-23)22(29)30-12-20(28)25-16-7-5-15(6-8-16)21-26-17-9-4-14(2)11-19(17)32-21/h3-9,11,13H,1,10,12H2,2H3,(H,24,27)(H,25,28). The van der Waals surface area contributed by atoms with Crippen LogP contribution >= 0.6 is 22.7 Å². The molecule has 0 saturated carbocycles. The molecule has 0 radical (unpaired) electrons. The molecule has 162 valence electrons. The van der Waals surface area contributed by atoms with Crippen LogP contribution in [0.4, 0.5) is 10.8 Å². The number of anilines is 2. The van der Waals surface area contributed by atoms with Crippen molar-refractivity contribution >= 4 is 55.6 Å². The minimum Gasteiger partial charge on any atom is -0.451 e. The van der Waals surface area contributed by atoms with Crippen LogP contribution < -0.4 is 10.6 Å². The van der Waals surface area contributed by atoms with Crippen LogP contribution in [0.15, 0.2) is 60.5 Å². The maximum Gasteiger partial charge on any atom is 0.358 e. The van der Waals surface area contributed by atoms with Crippen LogP contribution in [0.1, 0.15) is 16.1 Å². The summed E-state index contributed by atoms with van der Waals surface area (Å²) in [6.45, 7) is 5.81. The Bertz CT molecular complexity index is 1280. The van der Waals surface area contributed by atoms with Crippen LogP contribution in [0.25, 0.3) is 20.8 Å². The van der Waals surface area contributed by atoms with Crippen molar-refractivity contribution in [2.24, 2.45) is 0 Å².